The van der Waals surface area contributed by atoms with Crippen LogP contribution in [-0.2, 0) is 0 Å². The predicted octanol–water partition coefficient (Wildman–Crippen LogP) is 2.19. The highest BCUT2D eigenvalue weighted by Crippen LogP contribution is 2.27. The highest BCUT2D eigenvalue weighted by molar-refractivity contribution is 7.18. The molecule has 0 spiro atoms. The minimum absolute atomic E-state index is 0.639. The summed E-state index contributed by atoms with van der Waals surface area (Å²) in [4.78, 5) is 4.01. The fourth-order valence-electron chi connectivity index (χ4n) is 1.11. The molecule has 3 heteroatoms. The summed E-state index contributed by atoms with van der Waals surface area (Å²) in [5.74, 6) is 0.639. The van der Waals surface area contributed by atoms with Crippen LogP contribution in [0.4, 0.5) is 5.82 Å². The van der Waals surface area contributed by atoms with Crippen LogP contribution in [0.3, 0.4) is 0 Å². The number of nitrogen functional groups attached to an aromatic ring is 1. The van der Waals surface area contributed by atoms with E-state index in [1.54, 1.807) is 17.5 Å². The Labute approximate surface area is 68.7 Å². The molecule has 0 fully saturated rings. The van der Waals surface area contributed by atoms with Gasteiger partial charge in [0.15, 0.2) is 0 Å². The van der Waals surface area contributed by atoms with Crippen molar-refractivity contribution < 1.29 is 0 Å². The van der Waals surface area contributed by atoms with Crippen molar-refractivity contribution in [3.8, 4) is 0 Å². The number of aryl methyl sites for hydroxylation is 1. The van der Waals surface area contributed by atoms with Gasteiger partial charge in [0.25, 0.3) is 0 Å². The third kappa shape index (κ3) is 0.886. The second-order valence-electron chi connectivity index (χ2n) is 2.49. The van der Waals surface area contributed by atoms with Crippen LogP contribution in [0.25, 0.3) is 10.1 Å². The fourth-order valence-corrected chi connectivity index (χ4v) is 2.06. The Morgan fingerprint density at radius 2 is 2.36 bits per heavy atom. The fraction of sp³-hybridized carbons (Fsp3) is 0.125. The maximum absolute atomic E-state index is 5.67. The molecule has 11 heavy (non-hydrogen) atoms. The van der Waals surface area contributed by atoms with Gasteiger partial charge < -0.3 is 5.73 Å². The van der Waals surface area contributed by atoms with E-state index < -0.39 is 0 Å². The van der Waals surface area contributed by atoms with Gasteiger partial charge in [-0.2, -0.15) is 0 Å². The first-order chi connectivity index (χ1) is 5.29. The average molecular weight is 164 g/mol. The number of anilines is 1. The van der Waals surface area contributed by atoms with Crippen LogP contribution in [0.5, 0.6) is 0 Å². The molecule has 0 aliphatic heterocycles. The molecule has 0 saturated carbocycles. The Kier molecular flexibility index (Phi) is 1.32. The summed E-state index contributed by atoms with van der Waals surface area (Å²) in [6.07, 6.45) is 1.75. The first kappa shape index (κ1) is 6.61. The van der Waals surface area contributed by atoms with E-state index in [0.29, 0.717) is 5.82 Å². The predicted molar refractivity (Wildman–Crippen MR) is 48.8 cm³/mol. The topological polar surface area (TPSA) is 38.9 Å². The molecular formula is C8H8N2S. The number of pyridine rings is 1. The lowest BCUT2D eigenvalue weighted by Gasteiger charge is -1.93. The van der Waals surface area contributed by atoms with Gasteiger partial charge in [0, 0.05) is 11.6 Å². The molecule has 0 unspecified atom stereocenters. The van der Waals surface area contributed by atoms with Crippen molar-refractivity contribution in [1.82, 2.24) is 4.98 Å². The van der Waals surface area contributed by atoms with Crippen LogP contribution < -0.4 is 5.73 Å². The number of hydrogen-bond donors (Lipinski definition) is 1. The average Bonchev–Trinajstić information content (AvgIpc) is 2.35. The SMILES string of the molecule is Cc1csc2c(N)nccc12. The van der Waals surface area contributed by atoms with E-state index in [4.69, 9.17) is 5.73 Å². The number of hydrogen-bond acceptors (Lipinski definition) is 3. The maximum Gasteiger partial charge on any atom is 0.141 e. The van der Waals surface area contributed by atoms with E-state index in [1.807, 2.05) is 6.07 Å². The summed E-state index contributed by atoms with van der Waals surface area (Å²) in [6.45, 7) is 2.08. The van der Waals surface area contributed by atoms with E-state index >= 15 is 0 Å². The third-order valence-corrected chi connectivity index (χ3v) is 2.85. The second kappa shape index (κ2) is 2.20. The van der Waals surface area contributed by atoms with Gasteiger partial charge in [-0.05, 0) is 23.9 Å². The number of aromatic nitrogens is 1. The van der Waals surface area contributed by atoms with E-state index in [-0.39, 0.29) is 0 Å². The van der Waals surface area contributed by atoms with Crippen LogP contribution in [0.2, 0.25) is 0 Å². The Morgan fingerprint density at radius 3 is 3.09 bits per heavy atom. The smallest absolute Gasteiger partial charge is 0.141 e. The summed E-state index contributed by atoms with van der Waals surface area (Å²) in [7, 11) is 0. The maximum atomic E-state index is 5.67. The van der Waals surface area contributed by atoms with Gasteiger partial charge in [0.05, 0.1) is 4.70 Å². The molecule has 56 valence electrons. The molecule has 0 aromatic carbocycles. The quantitative estimate of drug-likeness (QED) is 0.648. The second-order valence-corrected chi connectivity index (χ2v) is 3.37. The molecule has 2 N–H and O–H groups in total. The lowest BCUT2D eigenvalue weighted by molar-refractivity contribution is 1.37. The molecule has 0 aliphatic rings. The minimum Gasteiger partial charge on any atom is -0.383 e. The first-order valence-electron chi connectivity index (χ1n) is 3.37. The lowest BCUT2D eigenvalue weighted by Crippen LogP contribution is -1.87. The van der Waals surface area contributed by atoms with E-state index in [0.717, 1.165) is 4.70 Å². The summed E-state index contributed by atoms with van der Waals surface area (Å²) < 4.78 is 1.10. The first-order valence-corrected chi connectivity index (χ1v) is 4.25. The Bertz CT molecular complexity index is 392. The van der Waals surface area contributed by atoms with Gasteiger partial charge in [-0.3, -0.25) is 0 Å². The van der Waals surface area contributed by atoms with E-state index in [2.05, 4.69) is 17.3 Å². The Hall–Kier alpha value is -1.09. The van der Waals surface area contributed by atoms with Gasteiger partial charge in [0.1, 0.15) is 5.82 Å². The number of nitrogens with two attached hydrogens (primary N) is 1. The standard InChI is InChI=1S/C8H8N2S/c1-5-4-11-7-6(5)2-3-10-8(7)9/h2-4H,1H3,(H2,9,10). The molecule has 2 heterocycles. The Morgan fingerprint density at radius 1 is 1.55 bits per heavy atom. The normalized spacial score (nSPS) is 10.6. The molecule has 2 nitrogen and oxygen atoms in total. The highest BCUT2D eigenvalue weighted by Gasteiger charge is 2.01. The number of thiophene rings is 1. The van der Waals surface area contributed by atoms with E-state index in [9.17, 15) is 0 Å². The van der Waals surface area contributed by atoms with Gasteiger partial charge in [-0.1, -0.05) is 0 Å². The summed E-state index contributed by atoms with van der Waals surface area (Å²) >= 11 is 1.65. The molecular weight excluding hydrogens is 156 g/mol. The minimum atomic E-state index is 0.639. The highest BCUT2D eigenvalue weighted by atomic mass is 32.1. The van der Waals surface area contributed by atoms with E-state index in [1.165, 1.54) is 10.9 Å². The zero-order valence-electron chi connectivity index (χ0n) is 6.16. The van der Waals surface area contributed by atoms with Crippen LogP contribution in [0, 0.1) is 6.92 Å². The van der Waals surface area contributed by atoms with Crippen molar-refractivity contribution in [1.29, 1.82) is 0 Å². The third-order valence-electron chi connectivity index (χ3n) is 1.71. The van der Waals surface area contributed by atoms with Gasteiger partial charge in [-0.15, -0.1) is 11.3 Å². The van der Waals surface area contributed by atoms with Crippen LogP contribution in [-0.4, -0.2) is 4.98 Å². The molecule has 0 atom stereocenters. The number of rotatable bonds is 0. The van der Waals surface area contributed by atoms with Gasteiger partial charge >= 0.3 is 0 Å². The summed E-state index contributed by atoms with van der Waals surface area (Å²) in [5, 5.41) is 3.32. The lowest BCUT2D eigenvalue weighted by atomic mass is 10.2. The van der Waals surface area contributed by atoms with Gasteiger partial charge in [0.2, 0.25) is 0 Å². The van der Waals surface area contributed by atoms with Crippen molar-refractivity contribution in [2.24, 2.45) is 0 Å². The Balaban J connectivity index is 2.94. The van der Waals surface area contributed by atoms with Crippen molar-refractivity contribution >= 4 is 27.2 Å². The number of fused-ring (bicyclic) bond motifs is 1. The molecule has 0 saturated heterocycles. The number of nitrogens with zero attached hydrogens (tertiary/aromatic N) is 1. The van der Waals surface area contributed by atoms with Crippen molar-refractivity contribution in [2.45, 2.75) is 6.92 Å². The molecule has 0 radical (unpaired) electrons. The van der Waals surface area contributed by atoms with Crippen LogP contribution in [0.1, 0.15) is 5.56 Å². The zero-order valence-corrected chi connectivity index (χ0v) is 6.98. The zero-order chi connectivity index (χ0) is 7.84. The summed E-state index contributed by atoms with van der Waals surface area (Å²) in [5.41, 5.74) is 6.95. The molecule has 2 aromatic heterocycles. The van der Waals surface area contributed by atoms with Crippen LogP contribution in [0.15, 0.2) is 17.6 Å². The monoisotopic (exact) mass is 164 g/mol. The van der Waals surface area contributed by atoms with Crippen molar-refractivity contribution in [3.63, 3.8) is 0 Å². The molecule has 2 rings (SSSR count). The molecule has 2 aromatic rings. The molecule has 0 bridgehead atoms. The van der Waals surface area contributed by atoms with Crippen molar-refractivity contribution in [2.75, 3.05) is 5.73 Å². The molecule has 0 aliphatic carbocycles. The summed E-state index contributed by atoms with van der Waals surface area (Å²) in [6, 6.07) is 2.00. The van der Waals surface area contributed by atoms with Gasteiger partial charge in [-0.25, -0.2) is 4.98 Å². The van der Waals surface area contributed by atoms with Crippen molar-refractivity contribution in [3.05, 3.63) is 23.2 Å². The largest absolute Gasteiger partial charge is 0.383 e. The molecule has 0 amide bonds. The van der Waals surface area contributed by atoms with Crippen LogP contribution >= 0.6 is 11.3 Å².